The number of aliphatic hydroxyl groups excluding tert-OH is 1. The van der Waals surface area contributed by atoms with Gasteiger partial charge in [-0.05, 0) is 44.3 Å². The summed E-state index contributed by atoms with van der Waals surface area (Å²) in [6, 6.07) is 7.44. The minimum Gasteiger partial charge on any atom is -0.392 e. The van der Waals surface area contributed by atoms with Gasteiger partial charge in [0.25, 0.3) is 0 Å². The minimum absolute atomic E-state index is 0.0381. The quantitative estimate of drug-likeness (QED) is 0.574. The second-order valence-corrected chi connectivity index (χ2v) is 4.68. The van der Waals surface area contributed by atoms with Crippen LogP contribution >= 0.6 is 0 Å². The first-order valence-electron chi connectivity index (χ1n) is 6.42. The van der Waals surface area contributed by atoms with E-state index in [9.17, 15) is 4.79 Å². The van der Waals surface area contributed by atoms with Crippen LogP contribution in [0.15, 0.2) is 30.3 Å². The second-order valence-electron chi connectivity index (χ2n) is 4.68. The molecule has 4 nitrogen and oxygen atoms in total. The summed E-state index contributed by atoms with van der Waals surface area (Å²) in [5.41, 5.74) is 1.81. The first-order chi connectivity index (χ1) is 9.11. The molecule has 104 valence electrons. The van der Waals surface area contributed by atoms with Gasteiger partial charge in [-0.2, -0.15) is 0 Å². The van der Waals surface area contributed by atoms with Crippen molar-refractivity contribution in [2.45, 2.75) is 13.0 Å². The van der Waals surface area contributed by atoms with E-state index in [4.69, 9.17) is 5.11 Å². The first-order valence-corrected chi connectivity index (χ1v) is 6.42. The fraction of sp³-hybridized carbons (Fsp3) is 0.400. The molecule has 0 unspecified atom stereocenters. The van der Waals surface area contributed by atoms with Crippen molar-refractivity contribution >= 4 is 12.0 Å². The van der Waals surface area contributed by atoms with E-state index in [1.165, 1.54) is 6.08 Å². The lowest BCUT2D eigenvalue weighted by atomic mass is 10.1. The standard InChI is InChI=1S/C15H22N2O2/c1-17(2)11-3-10-16-15(19)9-8-13-4-6-14(12-18)7-5-13/h4-9,18H,3,10-12H2,1-2H3,(H,16,19)/b9-8+. The SMILES string of the molecule is CN(C)CCCNC(=O)/C=C/c1ccc(CO)cc1. The van der Waals surface area contributed by atoms with Crippen LogP contribution in [0.3, 0.4) is 0 Å². The van der Waals surface area contributed by atoms with Crippen molar-refractivity contribution in [3.8, 4) is 0 Å². The van der Waals surface area contributed by atoms with Gasteiger partial charge < -0.3 is 15.3 Å². The van der Waals surface area contributed by atoms with Gasteiger partial charge in [-0.1, -0.05) is 24.3 Å². The van der Waals surface area contributed by atoms with Crippen molar-refractivity contribution in [3.05, 3.63) is 41.5 Å². The Balaban J connectivity index is 2.32. The van der Waals surface area contributed by atoms with E-state index < -0.39 is 0 Å². The molecule has 0 aliphatic rings. The number of hydrogen-bond donors (Lipinski definition) is 2. The molecule has 1 rings (SSSR count). The number of rotatable bonds is 7. The molecule has 0 spiro atoms. The Labute approximate surface area is 114 Å². The topological polar surface area (TPSA) is 52.6 Å². The molecule has 0 fully saturated rings. The summed E-state index contributed by atoms with van der Waals surface area (Å²) in [6.07, 6.45) is 4.24. The summed E-state index contributed by atoms with van der Waals surface area (Å²) < 4.78 is 0. The number of benzene rings is 1. The Morgan fingerprint density at radius 3 is 2.58 bits per heavy atom. The van der Waals surface area contributed by atoms with Crippen molar-refractivity contribution in [1.29, 1.82) is 0 Å². The van der Waals surface area contributed by atoms with Gasteiger partial charge >= 0.3 is 0 Å². The molecule has 0 heterocycles. The summed E-state index contributed by atoms with van der Waals surface area (Å²) in [7, 11) is 4.02. The molecule has 1 aromatic carbocycles. The molecule has 0 saturated heterocycles. The van der Waals surface area contributed by atoms with Crippen LogP contribution in [0.1, 0.15) is 17.5 Å². The first kappa shape index (κ1) is 15.4. The average molecular weight is 262 g/mol. The second kappa shape index (κ2) is 8.45. The van der Waals surface area contributed by atoms with Gasteiger partial charge in [-0.15, -0.1) is 0 Å². The van der Waals surface area contributed by atoms with Crippen LogP contribution in [0.2, 0.25) is 0 Å². The molecule has 0 aliphatic carbocycles. The molecule has 0 saturated carbocycles. The summed E-state index contributed by atoms with van der Waals surface area (Å²) in [4.78, 5) is 13.6. The molecular weight excluding hydrogens is 240 g/mol. The van der Waals surface area contributed by atoms with Crippen molar-refractivity contribution in [3.63, 3.8) is 0 Å². The summed E-state index contributed by atoms with van der Waals surface area (Å²) in [5.74, 6) is -0.0787. The van der Waals surface area contributed by atoms with E-state index in [0.717, 1.165) is 24.1 Å². The Morgan fingerprint density at radius 1 is 1.32 bits per heavy atom. The van der Waals surface area contributed by atoms with Gasteiger partial charge in [0, 0.05) is 12.6 Å². The maximum atomic E-state index is 11.5. The average Bonchev–Trinajstić information content (AvgIpc) is 2.41. The smallest absolute Gasteiger partial charge is 0.243 e. The van der Waals surface area contributed by atoms with Gasteiger partial charge in [-0.25, -0.2) is 0 Å². The minimum atomic E-state index is -0.0787. The largest absolute Gasteiger partial charge is 0.392 e. The van der Waals surface area contributed by atoms with E-state index >= 15 is 0 Å². The lowest BCUT2D eigenvalue weighted by Crippen LogP contribution is -2.25. The van der Waals surface area contributed by atoms with Crippen LogP contribution in [0.25, 0.3) is 6.08 Å². The van der Waals surface area contributed by atoms with E-state index in [1.54, 1.807) is 6.08 Å². The fourth-order valence-electron chi connectivity index (χ4n) is 1.57. The molecule has 0 atom stereocenters. The van der Waals surface area contributed by atoms with Crippen molar-refractivity contribution in [2.75, 3.05) is 27.2 Å². The molecule has 0 aliphatic heterocycles. The molecule has 4 heteroatoms. The molecular formula is C15H22N2O2. The number of nitrogens with zero attached hydrogens (tertiary/aromatic N) is 1. The number of amides is 1. The lowest BCUT2D eigenvalue weighted by molar-refractivity contribution is -0.116. The Morgan fingerprint density at radius 2 is 2.00 bits per heavy atom. The summed E-state index contributed by atoms with van der Waals surface area (Å²) in [6.45, 7) is 1.69. The number of carbonyl (C=O) groups excluding carboxylic acids is 1. The highest BCUT2D eigenvalue weighted by molar-refractivity contribution is 5.91. The summed E-state index contributed by atoms with van der Waals surface area (Å²) in [5, 5.41) is 11.8. The molecule has 0 aromatic heterocycles. The number of nitrogens with one attached hydrogen (secondary N) is 1. The number of hydrogen-bond acceptors (Lipinski definition) is 3. The van der Waals surface area contributed by atoms with Crippen molar-refractivity contribution in [2.24, 2.45) is 0 Å². The van der Waals surface area contributed by atoms with Crippen LogP contribution < -0.4 is 5.32 Å². The predicted octanol–water partition coefficient (Wildman–Crippen LogP) is 1.26. The third kappa shape index (κ3) is 6.74. The van der Waals surface area contributed by atoms with Crippen LogP contribution in [-0.4, -0.2) is 43.1 Å². The maximum absolute atomic E-state index is 11.5. The molecule has 0 bridgehead atoms. The van der Waals surface area contributed by atoms with Crippen LogP contribution in [-0.2, 0) is 11.4 Å². The Kier molecular flexibility index (Phi) is 6.85. The Bertz CT molecular complexity index is 411. The molecule has 19 heavy (non-hydrogen) atoms. The van der Waals surface area contributed by atoms with E-state index in [-0.39, 0.29) is 12.5 Å². The monoisotopic (exact) mass is 262 g/mol. The third-order valence-electron chi connectivity index (χ3n) is 2.67. The van der Waals surface area contributed by atoms with E-state index in [1.807, 2.05) is 38.4 Å². The van der Waals surface area contributed by atoms with Gasteiger partial charge in [-0.3, -0.25) is 4.79 Å². The highest BCUT2D eigenvalue weighted by atomic mass is 16.3. The molecule has 0 radical (unpaired) electrons. The molecule has 1 aromatic rings. The lowest BCUT2D eigenvalue weighted by Gasteiger charge is -2.08. The van der Waals surface area contributed by atoms with E-state index in [0.29, 0.717) is 6.54 Å². The summed E-state index contributed by atoms with van der Waals surface area (Å²) >= 11 is 0. The highest BCUT2D eigenvalue weighted by Gasteiger charge is 1.96. The Hall–Kier alpha value is -1.65. The maximum Gasteiger partial charge on any atom is 0.243 e. The zero-order chi connectivity index (χ0) is 14.1. The number of aliphatic hydroxyl groups is 1. The van der Waals surface area contributed by atoms with Crippen LogP contribution in [0.4, 0.5) is 0 Å². The van der Waals surface area contributed by atoms with Gasteiger partial charge in [0.05, 0.1) is 6.61 Å². The predicted molar refractivity (Wildman–Crippen MR) is 77.6 cm³/mol. The zero-order valence-electron chi connectivity index (χ0n) is 11.6. The molecule has 2 N–H and O–H groups in total. The van der Waals surface area contributed by atoms with Gasteiger partial charge in [0.1, 0.15) is 0 Å². The van der Waals surface area contributed by atoms with Crippen LogP contribution in [0.5, 0.6) is 0 Å². The third-order valence-corrected chi connectivity index (χ3v) is 2.67. The molecule has 1 amide bonds. The van der Waals surface area contributed by atoms with Crippen LogP contribution in [0, 0.1) is 0 Å². The fourth-order valence-corrected chi connectivity index (χ4v) is 1.57. The van der Waals surface area contributed by atoms with Crippen molar-refractivity contribution in [1.82, 2.24) is 10.2 Å². The normalized spacial score (nSPS) is 11.2. The highest BCUT2D eigenvalue weighted by Crippen LogP contribution is 2.05. The van der Waals surface area contributed by atoms with Gasteiger partial charge in [0.2, 0.25) is 5.91 Å². The van der Waals surface area contributed by atoms with Crippen molar-refractivity contribution < 1.29 is 9.90 Å². The zero-order valence-corrected chi connectivity index (χ0v) is 11.6. The van der Waals surface area contributed by atoms with E-state index in [2.05, 4.69) is 10.2 Å². The number of carbonyl (C=O) groups is 1. The van der Waals surface area contributed by atoms with Gasteiger partial charge in [0.15, 0.2) is 0 Å².